The first-order valence-electron chi connectivity index (χ1n) is 8.89. The van der Waals surface area contributed by atoms with Crippen LogP contribution in [0.5, 0.6) is 0 Å². The molecule has 10 nitrogen and oxygen atoms in total. The normalized spacial score (nSPS) is 10.6. The van der Waals surface area contributed by atoms with Gasteiger partial charge in [0.25, 0.3) is 5.91 Å². The first kappa shape index (κ1) is 20.0. The molecule has 154 valence electrons. The van der Waals surface area contributed by atoms with Gasteiger partial charge in [0, 0.05) is 11.6 Å². The molecule has 0 fully saturated rings. The van der Waals surface area contributed by atoms with Crippen molar-refractivity contribution in [1.29, 1.82) is 0 Å². The highest BCUT2D eigenvalue weighted by atomic mass is 32.1. The van der Waals surface area contributed by atoms with E-state index in [9.17, 15) is 19.7 Å². The highest BCUT2D eigenvalue weighted by Gasteiger charge is 2.18. The largest absolute Gasteiger partial charge is 0.452 e. The Morgan fingerprint density at radius 1 is 1.10 bits per heavy atom. The first-order chi connectivity index (χ1) is 15.0. The smallest absolute Gasteiger partial charge is 0.345 e. The summed E-state index contributed by atoms with van der Waals surface area (Å²) < 4.78 is 5.16. The lowest BCUT2D eigenvalue weighted by Crippen LogP contribution is -2.21. The van der Waals surface area contributed by atoms with Gasteiger partial charge in [0.2, 0.25) is 0 Å². The van der Waals surface area contributed by atoms with Crippen LogP contribution < -0.4 is 5.32 Å². The van der Waals surface area contributed by atoms with Crippen molar-refractivity contribution in [2.24, 2.45) is 0 Å². The Morgan fingerprint density at radius 2 is 1.90 bits per heavy atom. The van der Waals surface area contributed by atoms with Crippen molar-refractivity contribution in [3.05, 3.63) is 76.6 Å². The van der Waals surface area contributed by atoms with Crippen LogP contribution in [0.25, 0.3) is 22.3 Å². The number of hydrogen-bond acceptors (Lipinski definition) is 9. The molecule has 31 heavy (non-hydrogen) atoms. The maximum absolute atomic E-state index is 12.7. The van der Waals surface area contributed by atoms with E-state index in [1.165, 1.54) is 0 Å². The second kappa shape index (κ2) is 8.63. The van der Waals surface area contributed by atoms with Crippen LogP contribution in [-0.2, 0) is 9.53 Å². The molecule has 0 spiro atoms. The molecule has 3 aromatic heterocycles. The summed E-state index contributed by atoms with van der Waals surface area (Å²) >= 11 is 0.704. The number of benzene rings is 1. The number of anilines is 1. The lowest BCUT2D eigenvalue weighted by atomic mass is 10.1. The first-order valence-corrected chi connectivity index (χ1v) is 9.71. The van der Waals surface area contributed by atoms with Crippen molar-refractivity contribution in [1.82, 2.24) is 15.0 Å². The molecule has 0 atom stereocenters. The van der Waals surface area contributed by atoms with Gasteiger partial charge in [-0.1, -0.05) is 24.3 Å². The summed E-state index contributed by atoms with van der Waals surface area (Å²) in [4.78, 5) is 47.4. The number of nitro groups is 1. The Balaban J connectivity index is 1.53. The molecule has 0 aliphatic carbocycles. The van der Waals surface area contributed by atoms with E-state index >= 15 is 0 Å². The van der Waals surface area contributed by atoms with Crippen molar-refractivity contribution in [3.63, 3.8) is 0 Å². The van der Waals surface area contributed by atoms with Gasteiger partial charge in [-0.2, -0.15) is 0 Å². The van der Waals surface area contributed by atoms with Crippen LogP contribution >= 0.6 is 11.3 Å². The number of carbonyl (C=O) groups is 2. The summed E-state index contributed by atoms with van der Waals surface area (Å²) in [6.45, 7) is -0.582. The predicted molar refractivity (Wildman–Crippen MR) is 113 cm³/mol. The van der Waals surface area contributed by atoms with Crippen molar-refractivity contribution < 1.29 is 19.2 Å². The lowest BCUT2D eigenvalue weighted by Gasteiger charge is -2.09. The van der Waals surface area contributed by atoms with E-state index in [1.807, 2.05) is 6.07 Å². The number of nitrogens with one attached hydrogen (secondary N) is 1. The molecule has 0 radical (unpaired) electrons. The molecule has 0 aliphatic rings. The van der Waals surface area contributed by atoms with Crippen molar-refractivity contribution >= 4 is 44.2 Å². The molecule has 4 aromatic rings. The average Bonchev–Trinajstić information content (AvgIpc) is 3.26. The quantitative estimate of drug-likeness (QED) is 0.276. The van der Waals surface area contributed by atoms with E-state index in [4.69, 9.17) is 4.74 Å². The maximum Gasteiger partial charge on any atom is 0.345 e. The molecule has 4 rings (SSSR count). The van der Waals surface area contributed by atoms with E-state index in [1.54, 1.807) is 48.7 Å². The van der Waals surface area contributed by atoms with Gasteiger partial charge in [0.15, 0.2) is 11.7 Å². The number of aromatic nitrogens is 3. The van der Waals surface area contributed by atoms with E-state index in [2.05, 4.69) is 20.3 Å². The molecule has 0 unspecified atom stereocenters. The van der Waals surface area contributed by atoms with Gasteiger partial charge in [-0.3, -0.25) is 25.2 Å². The molecule has 1 amide bonds. The highest BCUT2D eigenvalue weighted by molar-refractivity contribution is 7.18. The van der Waals surface area contributed by atoms with Gasteiger partial charge in [-0.15, -0.1) is 0 Å². The second-order valence-electron chi connectivity index (χ2n) is 6.17. The van der Waals surface area contributed by atoms with E-state index in [0.29, 0.717) is 33.6 Å². The van der Waals surface area contributed by atoms with Gasteiger partial charge in [0.05, 0.1) is 27.4 Å². The molecule has 1 aromatic carbocycles. The third-order valence-corrected chi connectivity index (χ3v) is 4.98. The molecule has 0 saturated carbocycles. The van der Waals surface area contributed by atoms with Gasteiger partial charge in [0.1, 0.15) is 6.20 Å². The molecule has 3 heterocycles. The number of thiazole rings is 1. The van der Waals surface area contributed by atoms with E-state index in [-0.39, 0.29) is 15.7 Å². The Hall–Kier alpha value is -4.25. The number of para-hydroxylation sites is 1. The summed E-state index contributed by atoms with van der Waals surface area (Å²) in [6, 6.07) is 14.0. The van der Waals surface area contributed by atoms with Gasteiger partial charge in [-0.25, -0.2) is 14.8 Å². The number of ether oxygens (including phenoxy) is 1. The lowest BCUT2D eigenvalue weighted by molar-refractivity contribution is -0.380. The van der Waals surface area contributed by atoms with Crippen LogP contribution in [0, 0.1) is 10.1 Å². The van der Waals surface area contributed by atoms with Crippen LogP contribution in [0.15, 0.2) is 60.9 Å². The average molecular weight is 435 g/mol. The fourth-order valence-electron chi connectivity index (χ4n) is 2.76. The van der Waals surface area contributed by atoms with Crippen LogP contribution in [-0.4, -0.2) is 38.4 Å². The zero-order valence-corrected chi connectivity index (χ0v) is 16.5. The molecular weight excluding hydrogens is 422 g/mol. The number of fused-ring (bicyclic) bond motifs is 1. The minimum atomic E-state index is -0.712. The maximum atomic E-state index is 12.7. The summed E-state index contributed by atoms with van der Waals surface area (Å²) in [5.41, 5.74) is 1.90. The Morgan fingerprint density at radius 3 is 2.65 bits per heavy atom. The molecule has 0 saturated heterocycles. The number of nitrogens with zero attached hydrogens (tertiary/aromatic N) is 4. The molecule has 0 bridgehead atoms. The molecule has 1 N–H and O–H groups in total. The van der Waals surface area contributed by atoms with Crippen LogP contribution in [0.4, 0.5) is 10.1 Å². The zero-order chi connectivity index (χ0) is 21.8. The van der Waals surface area contributed by atoms with Gasteiger partial charge < -0.3 is 4.74 Å². The summed E-state index contributed by atoms with van der Waals surface area (Å²) in [7, 11) is 0. The summed E-state index contributed by atoms with van der Waals surface area (Å²) in [5, 5.41) is 13.5. The summed E-state index contributed by atoms with van der Waals surface area (Å²) in [6.07, 6.45) is 2.66. The third kappa shape index (κ3) is 4.51. The predicted octanol–water partition coefficient (Wildman–Crippen LogP) is 3.46. The topological polar surface area (TPSA) is 137 Å². The molecule has 11 heteroatoms. The van der Waals surface area contributed by atoms with Crippen molar-refractivity contribution in [3.8, 4) is 11.4 Å². The Bertz CT molecular complexity index is 1290. The summed E-state index contributed by atoms with van der Waals surface area (Å²) in [5.74, 6) is -1.38. The van der Waals surface area contributed by atoms with Crippen molar-refractivity contribution in [2.45, 2.75) is 0 Å². The second-order valence-corrected chi connectivity index (χ2v) is 7.18. The monoisotopic (exact) mass is 435 g/mol. The van der Waals surface area contributed by atoms with Crippen LogP contribution in [0.1, 0.15) is 10.4 Å². The fourth-order valence-corrected chi connectivity index (χ4v) is 3.41. The minimum absolute atomic E-state index is 0.0412. The van der Waals surface area contributed by atoms with Gasteiger partial charge >= 0.3 is 11.0 Å². The third-order valence-electron chi connectivity index (χ3n) is 4.12. The van der Waals surface area contributed by atoms with Gasteiger partial charge in [-0.05, 0) is 35.6 Å². The molecular formula is C20H13N5O5S. The number of rotatable bonds is 6. The standard InChI is InChI=1S/C20H13N5O5S/c26-17(24-20-22-10-18(31-20)25(28)29)11-30-19(27)13-9-16(15-7-3-4-8-21-15)23-14-6-2-1-5-12(13)14/h1-10H,11H2,(H,22,24,26). The van der Waals surface area contributed by atoms with Crippen molar-refractivity contribution in [2.75, 3.05) is 11.9 Å². The zero-order valence-electron chi connectivity index (χ0n) is 15.7. The minimum Gasteiger partial charge on any atom is -0.452 e. The SMILES string of the molecule is O=C(COC(=O)c1cc(-c2ccccn2)nc2ccccc12)Nc1ncc([N+](=O)[O-])s1. The van der Waals surface area contributed by atoms with E-state index in [0.717, 1.165) is 6.20 Å². The number of hydrogen-bond donors (Lipinski definition) is 1. The number of esters is 1. The van der Waals surface area contributed by atoms with Crippen LogP contribution in [0.2, 0.25) is 0 Å². The van der Waals surface area contributed by atoms with Crippen LogP contribution in [0.3, 0.4) is 0 Å². The molecule has 0 aliphatic heterocycles. The Labute approximate surface area is 178 Å². The number of amides is 1. The fraction of sp³-hybridized carbons (Fsp3) is 0.0500. The van der Waals surface area contributed by atoms with E-state index < -0.39 is 23.4 Å². The number of pyridine rings is 2. The number of carbonyl (C=O) groups excluding carboxylic acids is 2. The highest BCUT2D eigenvalue weighted by Crippen LogP contribution is 2.26. The Kier molecular flexibility index (Phi) is 5.58.